The van der Waals surface area contributed by atoms with E-state index in [1.807, 2.05) is 6.92 Å². The van der Waals surface area contributed by atoms with Crippen molar-refractivity contribution in [1.29, 1.82) is 0 Å². The average Bonchev–Trinajstić information content (AvgIpc) is 2.33. The smallest absolute Gasteiger partial charge is 0.257 e. The molecular weight excluding hydrogens is 290 g/mol. The Kier molecular flexibility index (Phi) is 5.58. The summed E-state index contributed by atoms with van der Waals surface area (Å²) in [6.45, 7) is 2.22. The maximum Gasteiger partial charge on any atom is 0.257 e. The number of primary sulfonamides is 1. The number of amides is 1. The molecule has 0 aliphatic carbocycles. The zero-order chi connectivity index (χ0) is 15.3. The third-order valence-electron chi connectivity index (χ3n) is 2.66. The molecular formula is C12H16F2N2O3S. The number of halogens is 2. The first kappa shape index (κ1) is 16.5. The number of sulfonamides is 1. The lowest BCUT2D eigenvalue weighted by atomic mass is 10.1. The number of carbonyl (C=O) groups is 1. The lowest BCUT2D eigenvalue weighted by molar-refractivity contribution is 0.0944. The normalized spacial score (nSPS) is 11.4. The van der Waals surface area contributed by atoms with E-state index in [2.05, 4.69) is 5.32 Å². The number of hydrogen-bond donors (Lipinski definition) is 2. The van der Waals surface area contributed by atoms with E-state index in [0.717, 1.165) is 12.8 Å². The molecule has 0 atom stereocenters. The molecule has 1 rings (SSSR count). The fourth-order valence-corrected chi connectivity index (χ4v) is 2.24. The van der Waals surface area contributed by atoms with Gasteiger partial charge in [-0.15, -0.1) is 0 Å². The molecule has 8 heteroatoms. The van der Waals surface area contributed by atoms with Crippen molar-refractivity contribution >= 4 is 15.9 Å². The number of hydrogen-bond acceptors (Lipinski definition) is 3. The molecule has 0 radical (unpaired) electrons. The minimum atomic E-state index is -4.36. The first-order chi connectivity index (χ1) is 9.29. The van der Waals surface area contributed by atoms with Gasteiger partial charge in [0, 0.05) is 6.54 Å². The molecule has 0 unspecified atom stereocenters. The molecule has 0 aromatic heterocycles. The molecule has 3 N–H and O–H groups in total. The lowest BCUT2D eigenvalue weighted by Crippen LogP contribution is -2.27. The molecule has 0 heterocycles. The maximum atomic E-state index is 13.9. The zero-order valence-electron chi connectivity index (χ0n) is 10.9. The first-order valence-electron chi connectivity index (χ1n) is 6.08. The molecule has 1 aromatic rings. The van der Waals surface area contributed by atoms with Gasteiger partial charge in [-0.2, -0.15) is 0 Å². The van der Waals surface area contributed by atoms with Crippen LogP contribution >= 0.6 is 0 Å². The van der Waals surface area contributed by atoms with Crippen molar-refractivity contribution < 1.29 is 22.0 Å². The van der Waals surface area contributed by atoms with E-state index in [0.29, 0.717) is 18.6 Å². The minimum Gasteiger partial charge on any atom is -0.352 e. The van der Waals surface area contributed by atoms with E-state index >= 15 is 0 Å². The molecule has 0 spiro atoms. The van der Waals surface area contributed by atoms with Crippen molar-refractivity contribution in [3.8, 4) is 0 Å². The molecule has 0 bridgehead atoms. The highest BCUT2D eigenvalue weighted by Crippen LogP contribution is 2.20. The predicted molar refractivity (Wildman–Crippen MR) is 69.6 cm³/mol. The van der Waals surface area contributed by atoms with Gasteiger partial charge in [-0.1, -0.05) is 19.8 Å². The minimum absolute atomic E-state index is 0.255. The molecule has 0 saturated heterocycles. The van der Waals surface area contributed by atoms with E-state index < -0.39 is 38.0 Å². The van der Waals surface area contributed by atoms with Gasteiger partial charge < -0.3 is 5.32 Å². The summed E-state index contributed by atoms with van der Waals surface area (Å²) in [6, 6.07) is 1.39. The highest BCUT2D eigenvalue weighted by atomic mass is 32.2. The van der Waals surface area contributed by atoms with Crippen LogP contribution in [0.2, 0.25) is 0 Å². The molecule has 20 heavy (non-hydrogen) atoms. The largest absolute Gasteiger partial charge is 0.352 e. The zero-order valence-corrected chi connectivity index (χ0v) is 11.8. The van der Waals surface area contributed by atoms with Gasteiger partial charge in [0.2, 0.25) is 10.0 Å². The fourth-order valence-electron chi connectivity index (χ4n) is 1.63. The summed E-state index contributed by atoms with van der Waals surface area (Å²) in [5.74, 6) is -3.61. The highest BCUT2D eigenvalue weighted by molar-refractivity contribution is 7.89. The first-order valence-corrected chi connectivity index (χ1v) is 7.62. The second kappa shape index (κ2) is 6.76. The molecule has 1 aromatic carbocycles. The van der Waals surface area contributed by atoms with Crippen molar-refractivity contribution in [3.63, 3.8) is 0 Å². The Bertz CT molecular complexity index is 603. The van der Waals surface area contributed by atoms with Crippen LogP contribution in [0.25, 0.3) is 0 Å². The lowest BCUT2D eigenvalue weighted by Gasteiger charge is -2.09. The summed E-state index contributed by atoms with van der Waals surface area (Å²) in [7, 11) is -4.36. The van der Waals surface area contributed by atoms with Crippen LogP contribution in [0.4, 0.5) is 8.78 Å². The van der Waals surface area contributed by atoms with Crippen LogP contribution in [0.3, 0.4) is 0 Å². The van der Waals surface area contributed by atoms with Gasteiger partial charge in [0.1, 0.15) is 16.3 Å². The molecule has 0 saturated carbocycles. The number of nitrogens with two attached hydrogens (primary N) is 1. The number of nitrogens with one attached hydrogen (secondary N) is 1. The van der Waals surface area contributed by atoms with Crippen LogP contribution in [-0.4, -0.2) is 20.9 Å². The number of unbranched alkanes of at least 4 members (excludes halogenated alkanes) is 2. The Balaban J connectivity index is 3.03. The molecule has 5 nitrogen and oxygen atoms in total. The van der Waals surface area contributed by atoms with E-state index in [4.69, 9.17) is 5.14 Å². The Hall–Kier alpha value is -1.54. The van der Waals surface area contributed by atoms with Crippen LogP contribution in [0.1, 0.15) is 36.5 Å². The van der Waals surface area contributed by atoms with E-state index in [1.54, 1.807) is 0 Å². The van der Waals surface area contributed by atoms with E-state index in [1.165, 1.54) is 0 Å². The van der Waals surface area contributed by atoms with Gasteiger partial charge in [-0.25, -0.2) is 22.3 Å². The molecule has 1 amide bonds. The molecule has 0 aliphatic rings. The second-order valence-corrected chi connectivity index (χ2v) is 5.77. The van der Waals surface area contributed by atoms with Crippen LogP contribution in [0.15, 0.2) is 17.0 Å². The maximum absolute atomic E-state index is 13.9. The molecule has 112 valence electrons. The predicted octanol–water partition coefficient (Wildman–Crippen LogP) is 1.53. The van der Waals surface area contributed by atoms with Gasteiger partial charge in [0.15, 0.2) is 5.82 Å². The Morgan fingerprint density at radius 1 is 1.30 bits per heavy atom. The summed E-state index contributed by atoms with van der Waals surface area (Å²) in [6.07, 6.45) is 2.46. The van der Waals surface area contributed by atoms with Gasteiger partial charge >= 0.3 is 0 Å². The Morgan fingerprint density at radius 3 is 2.50 bits per heavy atom. The standard InChI is InChI=1S/C12H16F2N2O3S/c1-2-3-4-7-16-12(17)10-8(13)5-6-9(11(10)14)20(15,18)19/h5-6H,2-4,7H2,1H3,(H,16,17)(H2,15,18,19). The SMILES string of the molecule is CCCCCNC(=O)c1c(F)ccc(S(N)(=O)=O)c1F. The topological polar surface area (TPSA) is 89.3 Å². The summed E-state index contributed by atoms with van der Waals surface area (Å²) in [5.41, 5.74) is -0.937. The van der Waals surface area contributed by atoms with E-state index in [-0.39, 0.29) is 6.54 Å². The average molecular weight is 306 g/mol. The van der Waals surface area contributed by atoms with Crippen molar-refractivity contribution in [1.82, 2.24) is 5.32 Å². The number of carbonyl (C=O) groups excluding carboxylic acids is 1. The summed E-state index contributed by atoms with van der Waals surface area (Å²) in [4.78, 5) is 10.8. The van der Waals surface area contributed by atoms with Crippen LogP contribution in [-0.2, 0) is 10.0 Å². The van der Waals surface area contributed by atoms with Crippen LogP contribution < -0.4 is 10.5 Å². The monoisotopic (exact) mass is 306 g/mol. The molecule has 0 fully saturated rings. The third kappa shape index (κ3) is 3.97. The third-order valence-corrected chi connectivity index (χ3v) is 3.58. The Morgan fingerprint density at radius 2 is 1.95 bits per heavy atom. The van der Waals surface area contributed by atoms with Gasteiger partial charge in [-0.3, -0.25) is 4.79 Å². The van der Waals surface area contributed by atoms with Crippen LogP contribution in [0, 0.1) is 11.6 Å². The number of benzene rings is 1. The van der Waals surface area contributed by atoms with E-state index in [9.17, 15) is 22.0 Å². The summed E-state index contributed by atoms with van der Waals surface area (Å²) in [5, 5.41) is 7.13. The van der Waals surface area contributed by atoms with Crippen LogP contribution in [0.5, 0.6) is 0 Å². The van der Waals surface area contributed by atoms with Crippen molar-refractivity contribution in [2.45, 2.75) is 31.1 Å². The quantitative estimate of drug-likeness (QED) is 0.781. The summed E-state index contributed by atoms with van der Waals surface area (Å²) < 4.78 is 49.6. The summed E-state index contributed by atoms with van der Waals surface area (Å²) >= 11 is 0. The fraction of sp³-hybridized carbons (Fsp3) is 0.417. The van der Waals surface area contributed by atoms with Crippen molar-refractivity contribution in [2.75, 3.05) is 6.54 Å². The van der Waals surface area contributed by atoms with Crippen molar-refractivity contribution in [2.24, 2.45) is 5.14 Å². The number of rotatable bonds is 6. The van der Waals surface area contributed by atoms with Crippen molar-refractivity contribution in [3.05, 3.63) is 29.3 Å². The van der Waals surface area contributed by atoms with Gasteiger partial charge in [-0.05, 0) is 18.6 Å². The highest BCUT2D eigenvalue weighted by Gasteiger charge is 2.24. The molecule has 0 aliphatic heterocycles. The van der Waals surface area contributed by atoms with Gasteiger partial charge in [0.05, 0.1) is 0 Å². The van der Waals surface area contributed by atoms with Gasteiger partial charge in [0.25, 0.3) is 5.91 Å². The second-order valence-electron chi connectivity index (χ2n) is 4.24. The Labute approximate surface area is 116 Å².